The maximum Gasteiger partial charge on any atom is 0.416 e. The molecule has 2 heterocycles. The lowest BCUT2D eigenvalue weighted by Gasteiger charge is -2.35. The van der Waals surface area contributed by atoms with Gasteiger partial charge < -0.3 is 19.5 Å². The maximum absolute atomic E-state index is 13.6. The van der Waals surface area contributed by atoms with Crippen LogP contribution in [0.3, 0.4) is 0 Å². The molecule has 0 fully saturated rings. The van der Waals surface area contributed by atoms with Gasteiger partial charge >= 0.3 is 6.18 Å². The van der Waals surface area contributed by atoms with E-state index in [1.54, 1.807) is 0 Å². The lowest BCUT2D eigenvalue weighted by molar-refractivity contribution is -0.137. The summed E-state index contributed by atoms with van der Waals surface area (Å²) >= 11 is 0. The van der Waals surface area contributed by atoms with Crippen LogP contribution in [0.5, 0.6) is 17.2 Å². The zero-order valence-corrected chi connectivity index (χ0v) is 19.7. The number of Topliss-reactive ketones (excluding diaryl/α,β-unsaturated/α-hetero) is 1. The molecule has 8 nitrogen and oxygen atoms in total. The minimum absolute atomic E-state index is 0.131. The van der Waals surface area contributed by atoms with Crippen LogP contribution in [-0.4, -0.2) is 41.9 Å². The molecular weight excluding hydrogens is 477 g/mol. The second kappa shape index (κ2) is 8.89. The first kappa shape index (κ1) is 23.7. The first-order valence-electron chi connectivity index (χ1n) is 11.1. The molecule has 1 aliphatic carbocycles. The first-order chi connectivity index (χ1) is 17.2. The molecule has 3 aromatic rings. The van der Waals surface area contributed by atoms with Crippen LogP contribution in [0.25, 0.3) is 0 Å². The van der Waals surface area contributed by atoms with Crippen molar-refractivity contribution in [2.45, 2.75) is 31.0 Å². The molecule has 0 bridgehead atoms. The number of alkyl halides is 3. The molecule has 0 radical (unpaired) electrons. The number of hydrogen-bond donors (Lipinski definition) is 1. The third-order valence-corrected chi connectivity index (χ3v) is 6.57. The number of carbonyl (C=O) groups excluding carboxylic acids is 1. The Kier molecular flexibility index (Phi) is 5.85. The highest BCUT2D eigenvalue weighted by molar-refractivity contribution is 6.00. The van der Waals surface area contributed by atoms with Crippen LogP contribution in [0.15, 0.2) is 54.0 Å². The van der Waals surface area contributed by atoms with Crippen LogP contribution in [0.1, 0.15) is 41.5 Å². The number of fused-ring (bicyclic) bond motifs is 1. The number of allylic oxidation sites excluding steroid dienone is 2. The van der Waals surface area contributed by atoms with Gasteiger partial charge in [-0.05, 0) is 47.7 Å². The molecule has 36 heavy (non-hydrogen) atoms. The van der Waals surface area contributed by atoms with E-state index in [9.17, 15) is 18.0 Å². The number of aromatic nitrogens is 3. The molecule has 0 saturated heterocycles. The van der Waals surface area contributed by atoms with Gasteiger partial charge in [-0.15, -0.1) is 0 Å². The number of halogens is 3. The zero-order chi connectivity index (χ0) is 25.6. The third kappa shape index (κ3) is 3.94. The molecule has 0 unspecified atom stereocenters. The molecule has 1 aromatic heterocycles. The van der Waals surface area contributed by atoms with E-state index >= 15 is 0 Å². The second-order valence-corrected chi connectivity index (χ2v) is 8.55. The second-order valence-electron chi connectivity index (χ2n) is 8.55. The molecule has 2 atom stereocenters. The standard InChI is InChI=1S/C25H23F3N4O4/c1-34-19-10-15(11-20(35-2)23(19)36-3)14-8-17-21(18(33)9-14)22(32-24(31-17)29-12-30-32)13-4-6-16(7-5-13)25(26,27)28/h4-7,10-12,14,22H,8-9H2,1-3H3,(H,29,30,31)/t14-,22+/m1/s1. The average Bonchev–Trinajstić information content (AvgIpc) is 3.34. The number of hydrogen-bond acceptors (Lipinski definition) is 7. The van der Waals surface area contributed by atoms with E-state index in [1.807, 2.05) is 12.1 Å². The number of carbonyl (C=O) groups is 1. The molecule has 5 rings (SSSR count). The zero-order valence-electron chi connectivity index (χ0n) is 19.7. The summed E-state index contributed by atoms with van der Waals surface area (Å²) in [5.74, 6) is 1.51. The Bertz CT molecular complexity index is 1320. The van der Waals surface area contributed by atoms with Crippen molar-refractivity contribution in [2.75, 3.05) is 26.6 Å². The molecule has 11 heteroatoms. The molecule has 0 spiro atoms. The van der Waals surface area contributed by atoms with Crippen LogP contribution in [-0.2, 0) is 11.0 Å². The van der Waals surface area contributed by atoms with Gasteiger partial charge in [-0.2, -0.15) is 23.3 Å². The van der Waals surface area contributed by atoms with E-state index in [2.05, 4.69) is 15.4 Å². The Morgan fingerprint density at radius 1 is 0.972 bits per heavy atom. The van der Waals surface area contributed by atoms with Gasteiger partial charge in [0.25, 0.3) is 0 Å². The first-order valence-corrected chi connectivity index (χ1v) is 11.1. The van der Waals surface area contributed by atoms with Gasteiger partial charge in [-0.1, -0.05) is 12.1 Å². The number of anilines is 1. The van der Waals surface area contributed by atoms with Crippen molar-refractivity contribution in [3.8, 4) is 17.2 Å². The van der Waals surface area contributed by atoms with Crippen LogP contribution < -0.4 is 19.5 Å². The summed E-state index contributed by atoms with van der Waals surface area (Å²) in [6.45, 7) is 0. The fourth-order valence-corrected chi connectivity index (χ4v) is 4.89. The lowest BCUT2D eigenvalue weighted by atomic mass is 9.77. The van der Waals surface area contributed by atoms with Gasteiger partial charge in [-0.25, -0.2) is 4.68 Å². The molecular formula is C25H23F3N4O4. The van der Waals surface area contributed by atoms with E-state index in [0.29, 0.717) is 46.5 Å². The largest absolute Gasteiger partial charge is 0.493 e. The van der Waals surface area contributed by atoms with Crippen molar-refractivity contribution >= 4 is 11.7 Å². The van der Waals surface area contributed by atoms with Gasteiger partial charge in [0.15, 0.2) is 17.3 Å². The average molecular weight is 500 g/mol. The lowest BCUT2D eigenvalue weighted by Crippen LogP contribution is -2.33. The van der Waals surface area contributed by atoms with Crippen molar-refractivity contribution in [1.29, 1.82) is 0 Å². The summed E-state index contributed by atoms with van der Waals surface area (Å²) in [5.41, 5.74) is 1.73. The number of nitrogens with one attached hydrogen (secondary N) is 1. The fraction of sp³-hybridized carbons (Fsp3) is 0.320. The van der Waals surface area contributed by atoms with Gasteiger partial charge in [0.05, 0.1) is 26.9 Å². The molecule has 0 amide bonds. The van der Waals surface area contributed by atoms with Gasteiger partial charge in [0, 0.05) is 17.7 Å². The minimum atomic E-state index is -4.45. The maximum atomic E-state index is 13.6. The molecule has 1 N–H and O–H groups in total. The topological polar surface area (TPSA) is 87.5 Å². The summed E-state index contributed by atoms with van der Waals surface area (Å²) in [4.78, 5) is 17.8. The molecule has 2 aliphatic rings. The van der Waals surface area contributed by atoms with Crippen LogP contribution in [0, 0.1) is 0 Å². The number of nitrogens with zero attached hydrogens (tertiary/aromatic N) is 3. The summed E-state index contributed by atoms with van der Waals surface area (Å²) in [6, 6.07) is 7.75. The summed E-state index contributed by atoms with van der Waals surface area (Å²) in [6.07, 6.45) is -2.44. The van der Waals surface area contributed by atoms with Crippen LogP contribution in [0.2, 0.25) is 0 Å². The Labute approximate surface area is 204 Å². The summed E-state index contributed by atoms with van der Waals surface area (Å²) in [5, 5.41) is 7.45. The Morgan fingerprint density at radius 3 is 2.22 bits per heavy atom. The highest BCUT2D eigenvalue weighted by Crippen LogP contribution is 2.47. The number of ketones is 1. The van der Waals surface area contributed by atoms with Gasteiger partial charge in [0.2, 0.25) is 11.7 Å². The third-order valence-electron chi connectivity index (χ3n) is 6.57. The molecule has 2 aromatic carbocycles. The van der Waals surface area contributed by atoms with Crippen molar-refractivity contribution in [2.24, 2.45) is 0 Å². The highest BCUT2D eigenvalue weighted by atomic mass is 19.4. The number of rotatable bonds is 5. The smallest absolute Gasteiger partial charge is 0.416 e. The predicted molar refractivity (Wildman–Crippen MR) is 123 cm³/mol. The SMILES string of the molecule is COc1cc([C@H]2CC(=O)C3=C(C2)Nc2ncnn2[C@H]3c2ccc(C(F)(F)F)cc2)cc(OC)c1OC. The monoisotopic (exact) mass is 500 g/mol. The number of benzene rings is 2. The van der Waals surface area contributed by atoms with E-state index in [-0.39, 0.29) is 18.1 Å². The Hall–Kier alpha value is -4.02. The van der Waals surface area contributed by atoms with E-state index in [1.165, 1.54) is 44.5 Å². The van der Waals surface area contributed by atoms with E-state index in [0.717, 1.165) is 17.7 Å². The fourth-order valence-electron chi connectivity index (χ4n) is 4.89. The van der Waals surface area contributed by atoms with Gasteiger partial charge in [-0.3, -0.25) is 4.79 Å². The van der Waals surface area contributed by atoms with Crippen molar-refractivity contribution in [1.82, 2.24) is 14.8 Å². The summed E-state index contributed by atoms with van der Waals surface area (Å²) < 4.78 is 57.2. The van der Waals surface area contributed by atoms with Crippen LogP contribution in [0.4, 0.5) is 19.1 Å². The Morgan fingerprint density at radius 2 is 1.64 bits per heavy atom. The normalized spacial score (nSPS) is 19.3. The minimum Gasteiger partial charge on any atom is -0.493 e. The van der Waals surface area contributed by atoms with Crippen molar-refractivity contribution < 1.29 is 32.2 Å². The molecule has 1 aliphatic heterocycles. The van der Waals surface area contributed by atoms with Crippen molar-refractivity contribution in [3.05, 3.63) is 70.7 Å². The predicted octanol–water partition coefficient (Wildman–Crippen LogP) is 4.74. The Balaban J connectivity index is 1.55. The quantitative estimate of drug-likeness (QED) is 0.542. The van der Waals surface area contributed by atoms with E-state index < -0.39 is 17.8 Å². The van der Waals surface area contributed by atoms with Crippen LogP contribution >= 0.6 is 0 Å². The number of ether oxygens (including phenoxy) is 3. The summed E-state index contributed by atoms with van der Waals surface area (Å²) in [7, 11) is 4.57. The molecule has 188 valence electrons. The van der Waals surface area contributed by atoms with Gasteiger partial charge in [0.1, 0.15) is 12.4 Å². The number of methoxy groups -OCH3 is 3. The van der Waals surface area contributed by atoms with E-state index in [4.69, 9.17) is 14.2 Å². The molecule has 0 saturated carbocycles. The van der Waals surface area contributed by atoms with Crippen molar-refractivity contribution in [3.63, 3.8) is 0 Å². The highest BCUT2D eigenvalue weighted by Gasteiger charge is 2.40.